The normalized spacial score (nSPS) is 41.8. The highest BCUT2D eigenvalue weighted by Crippen LogP contribution is 2.48. The van der Waals surface area contributed by atoms with Crippen LogP contribution in [-0.4, -0.2) is 28.0 Å². The van der Waals surface area contributed by atoms with Gasteiger partial charge in [0.25, 0.3) is 5.91 Å². The minimum absolute atomic E-state index is 0.141. The minimum Gasteiger partial charge on any atom is -0.361 e. The van der Waals surface area contributed by atoms with Gasteiger partial charge in [0.05, 0.1) is 0 Å². The Labute approximate surface area is 113 Å². The number of thioether (sulfide) groups is 1. The second-order valence-electron chi connectivity index (χ2n) is 5.78. The standard InChI is InChI=1S/C12H15F3N2OS/c1-11(12(13,14)15)9(18)17-10(19-11)16-8-5-6-2-3-7(8)4-6/h6-8H,2-5H2,1H3,(H,16,17,18)/t6-,7+,8+,11?/m1/s1. The maximum Gasteiger partial charge on any atom is 0.412 e. The van der Waals surface area contributed by atoms with Crippen molar-refractivity contribution in [2.45, 2.75) is 49.6 Å². The molecule has 3 aliphatic rings. The fourth-order valence-electron chi connectivity index (χ4n) is 3.28. The molecule has 2 aliphatic carbocycles. The highest BCUT2D eigenvalue weighted by Gasteiger charge is 2.61. The second-order valence-corrected chi connectivity index (χ2v) is 7.19. The number of nitrogens with one attached hydrogen (secondary N) is 1. The Morgan fingerprint density at radius 1 is 1.37 bits per heavy atom. The molecule has 0 aromatic heterocycles. The van der Waals surface area contributed by atoms with Crippen LogP contribution < -0.4 is 5.32 Å². The van der Waals surface area contributed by atoms with Gasteiger partial charge in [-0.15, -0.1) is 0 Å². The Morgan fingerprint density at radius 3 is 2.58 bits per heavy atom. The van der Waals surface area contributed by atoms with E-state index in [1.54, 1.807) is 0 Å². The molecule has 1 aliphatic heterocycles. The largest absolute Gasteiger partial charge is 0.412 e. The summed E-state index contributed by atoms with van der Waals surface area (Å²) in [5.74, 6) is 0.121. The highest BCUT2D eigenvalue weighted by molar-refractivity contribution is 8.16. The maximum absolute atomic E-state index is 12.9. The molecule has 0 saturated heterocycles. The highest BCUT2D eigenvalue weighted by atomic mass is 32.2. The van der Waals surface area contributed by atoms with Crippen molar-refractivity contribution in [1.82, 2.24) is 5.32 Å². The van der Waals surface area contributed by atoms with Gasteiger partial charge in [-0.25, -0.2) is 0 Å². The zero-order valence-corrected chi connectivity index (χ0v) is 11.3. The Hall–Kier alpha value is -0.720. The van der Waals surface area contributed by atoms with Gasteiger partial charge in [-0.05, 0) is 38.0 Å². The van der Waals surface area contributed by atoms with E-state index in [2.05, 4.69) is 10.3 Å². The van der Waals surface area contributed by atoms with Crippen molar-refractivity contribution in [3.05, 3.63) is 0 Å². The van der Waals surface area contributed by atoms with Crippen molar-refractivity contribution in [2.75, 3.05) is 0 Å². The SMILES string of the molecule is CC1(C(F)(F)F)SC(N[C@H]2C[C@@H]3CC[C@H]2C3)=NC1=O. The number of nitrogens with zero attached hydrogens (tertiary/aromatic N) is 1. The average molecular weight is 292 g/mol. The molecule has 1 amide bonds. The van der Waals surface area contributed by atoms with Gasteiger partial charge in [0.15, 0.2) is 9.91 Å². The summed E-state index contributed by atoms with van der Waals surface area (Å²) in [6, 6.07) is 0.188. The molecule has 106 valence electrons. The van der Waals surface area contributed by atoms with E-state index in [9.17, 15) is 18.0 Å². The average Bonchev–Trinajstić information content (AvgIpc) is 2.94. The summed E-state index contributed by atoms with van der Waals surface area (Å²) in [5, 5.41) is 3.20. The number of carbonyl (C=O) groups excluding carboxylic acids is 1. The summed E-state index contributed by atoms with van der Waals surface area (Å²) in [5.41, 5.74) is 0. The molecule has 0 radical (unpaired) electrons. The predicted molar refractivity (Wildman–Crippen MR) is 66.9 cm³/mol. The van der Waals surface area contributed by atoms with Crippen LogP contribution in [0, 0.1) is 11.8 Å². The third kappa shape index (κ3) is 2.06. The monoisotopic (exact) mass is 292 g/mol. The summed E-state index contributed by atoms with van der Waals surface area (Å²) < 4.78 is 36.2. The van der Waals surface area contributed by atoms with Crippen LogP contribution in [0.4, 0.5) is 13.2 Å². The topological polar surface area (TPSA) is 41.5 Å². The predicted octanol–water partition coefficient (Wildman–Crippen LogP) is 2.72. The lowest BCUT2D eigenvalue weighted by Crippen LogP contribution is -2.44. The smallest absolute Gasteiger partial charge is 0.361 e. The van der Waals surface area contributed by atoms with Gasteiger partial charge in [-0.3, -0.25) is 4.79 Å². The molecule has 7 heteroatoms. The number of halogens is 3. The third-order valence-electron chi connectivity index (χ3n) is 4.50. The van der Waals surface area contributed by atoms with Gasteiger partial charge in [0, 0.05) is 6.04 Å². The second kappa shape index (κ2) is 4.14. The van der Waals surface area contributed by atoms with E-state index in [4.69, 9.17) is 0 Å². The summed E-state index contributed by atoms with van der Waals surface area (Å²) in [7, 11) is 0. The quantitative estimate of drug-likeness (QED) is 0.808. The first-order valence-electron chi connectivity index (χ1n) is 6.45. The van der Waals surface area contributed by atoms with E-state index < -0.39 is 16.8 Å². The van der Waals surface area contributed by atoms with Crippen molar-refractivity contribution in [1.29, 1.82) is 0 Å². The zero-order valence-electron chi connectivity index (χ0n) is 10.5. The molecule has 0 aromatic rings. The number of alkyl halides is 3. The van der Waals surface area contributed by atoms with Crippen molar-refractivity contribution < 1.29 is 18.0 Å². The lowest BCUT2D eigenvalue weighted by molar-refractivity contribution is -0.165. The number of hydrogen-bond acceptors (Lipinski definition) is 3. The molecular weight excluding hydrogens is 277 g/mol. The lowest BCUT2D eigenvalue weighted by atomic mass is 9.96. The van der Waals surface area contributed by atoms with Gasteiger partial charge in [-0.1, -0.05) is 18.2 Å². The van der Waals surface area contributed by atoms with Gasteiger partial charge < -0.3 is 5.32 Å². The van der Waals surface area contributed by atoms with Gasteiger partial charge >= 0.3 is 6.18 Å². The summed E-state index contributed by atoms with van der Waals surface area (Å²) in [6.07, 6.45) is -0.0793. The first-order chi connectivity index (χ1) is 8.79. The van der Waals surface area contributed by atoms with Crippen molar-refractivity contribution in [3.8, 4) is 0 Å². The molecule has 3 rings (SSSR count). The fourth-order valence-corrected chi connectivity index (χ4v) is 4.25. The third-order valence-corrected chi connectivity index (χ3v) is 5.72. The molecule has 1 N–H and O–H groups in total. The summed E-state index contributed by atoms with van der Waals surface area (Å²) in [6.45, 7) is 0.902. The molecule has 2 saturated carbocycles. The first kappa shape index (κ1) is 13.3. The van der Waals surface area contributed by atoms with Crippen molar-refractivity contribution in [2.24, 2.45) is 16.8 Å². The number of amides is 1. The molecular formula is C12H15F3N2OS. The molecule has 2 fully saturated rings. The molecule has 0 aromatic carbocycles. The Morgan fingerprint density at radius 2 is 2.11 bits per heavy atom. The van der Waals surface area contributed by atoms with Crippen molar-refractivity contribution in [3.63, 3.8) is 0 Å². The van der Waals surface area contributed by atoms with E-state index in [1.807, 2.05) is 0 Å². The Kier molecular flexibility index (Phi) is 2.89. The molecule has 1 heterocycles. The fraction of sp³-hybridized carbons (Fsp3) is 0.833. The number of amidine groups is 1. The zero-order chi connectivity index (χ0) is 13.8. The molecule has 0 spiro atoms. The van der Waals surface area contributed by atoms with Gasteiger partial charge in [0.1, 0.15) is 0 Å². The minimum atomic E-state index is -4.57. The number of hydrogen-bond donors (Lipinski definition) is 1. The van der Waals surface area contributed by atoms with Gasteiger partial charge in [-0.2, -0.15) is 18.2 Å². The Bertz CT molecular complexity index is 451. The lowest BCUT2D eigenvalue weighted by Gasteiger charge is -2.26. The molecule has 1 unspecified atom stereocenters. The van der Waals surface area contributed by atoms with E-state index in [1.165, 1.54) is 6.42 Å². The first-order valence-corrected chi connectivity index (χ1v) is 7.26. The van der Waals surface area contributed by atoms with Crippen LogP contribution in [0.25, 0.3) is 0 Å². The van der Waals surface area contributed by atoms with Crippen LogP contribution in [0.15, 0.2) is 4.99 Å². The van der Waals surface area contributed by atoms with Gasteiger partial charge in [0.2, 0.25) is 0 Å². The van der Waals surface area contributed by atoms with Crippen LogP contribution in [0.3, 0.4) is 0 Å². The van der Waals surface area contributed by atoms with Crippen LogP contribution in [0.5, 0.6) is 0 Å². The number of fused-ring (bicyclic) bond motifs is 2. The van der Waals surface area contributed by atoms with E-state index >= 15 is 0 Å². The molecule has 2 bridgehead atoms. The van der Waals surface area contributed by atoms with E-state index in [-0.39, 0.29) is 11.2 Å². The van der Waals surface area contributed by atoms with Crippen LogP contribution >= 0.6 is 11.8 Å². The summed E-state index contributed by atoms with van der Waals surface area (Å²) >= 11 is 0.507. The molecule has 19 heavy (non-hydrogen) atoms. The van der Waals surface area contributed by atoms with Crippen LogP contribution in [0.1, 0.15) is 32.6 Å². The van der Waals surface area contributed by atoms with Crippen LogP contribution in [-0.2, 0) is 4.79 Å². The number of rotatable bonds is 1. The molecule has 4 atom stereocenters. The van der Waals surface area contributed by atoms with E-state index in [0.717, 1.165) is 26.2 Å². The van der Waals surface area contributed by atoms with E-state index in [0.29, 0.717) is 23.6 Å². The summed E-state index contributed by atoms with van der Waals surface area (Å²) in [4.78, 5) is 15.1. The Balaban J connectivity index is 1.68. The molecule has 3 nitrogen and oxygen atoms in total. The van der Waals surface area contributed by atoms with Crippen molar-refractivity contribution >= 4 is 22.8 Å². The van der Waals surface area contributed by atoms with Crippen LogP contribution in [0.2, 0.25) is 0 Å². The number of aliphatic imine (C=N–C) groups is 1. The maximum atomic E-state index is 12.9. The number of carbonyl (C=O) groups is 1.